The van der Waals surface area contributed by atoms with Crippen LogP contribution in [0.5, 0.6) is 0 Å². The molecule has 1 fully saturated rings. The normalized spacial score (nSPS) is 17.8. The molecule has 1 aliphatic heterocycles. The average molecular weight is 289 g/mol. The van der Waals surface area contributed by atoms with Crippen molar-refractivity contribution in [2.24, 2.45) is 0 Å². The minimum atomic E-state index is -0.201. The number of rotatable bonds is 5. The smallest absolute Gasteiger partial charge is 0.255 e. The highest BCUT2D eigenvalue weighted by molar-refractivity contribution is 5.93. The maximum Gasteiger partial charge on any atom is 0.255 e. The maximum absolute atomic E-state index is 11.8. The number of ether oxygens (including phenoxy) is 1. The number of carbonyl (C=O) groups is 1. The Morgan fingerprint density at radius 2 is 2.38 bits per heavy atom. The summed E-state index contributed by atoms with van der Waals surface area (Å²) in [6.07, 6.45) is 5.23. The van der Waals surface area contributed by atoms with Crippen LogP contribution in [0.25, 0.3) is 0 Å². The summed E-state index contributed by atoms with van der Waals surface area (Å²) in [7, 11) is 0. The summed E-state index contributed by atoms with van der Waals surface area (Å²) in [6, 6.07) is 1.60. The summed E-state index contributed by atoms with van der Waals surface area (Å²) in [5.74, 6) is 0.883. The molecule has 0 radical (unpaired) electrons. The summed E-state index contributed by atoms with van der Waals surface area (Å²) in [6.45, 7) is 1.16. The molecule has 3 heterocycles. The zero-order valence-electron chi connectivity index (χ0n) is 11.4. The van der Waals surface area contributed by atoms with Gasteiger partial charge in [-0.3, -0.25) is 4.79 Å². The summed E-state index contributed by atoms with van der Waals surface area (Å²) >= 11 is 0. The standard InChI is InChI=1S/C13H15N5O3/c19-12(9-3-6-15-16-8-9)14-5-4-11-17-13(21-18-11)10-2-1-7-20-10/h3,6,8,10H,1-2,4-5,7H2,(H,14,19)/t10-/m1/s1. The molecule has 8 heteroatoms. The van der Waals surface area contributed by atoms with Gasteiger partial charge in [0.1, 0.15) is 6.10 Å². The highest BCUT2D eigenvalue weighted by Crippen LogP contribution is 2.26. The quantitative estimate of drug-likeness (QED) is 0.863. The molecule has 1 amide bonds. The third-order valence-corrected chi connectivity index (χ3v) is 3.17. The molecule has 0 unspecified atom stereocenters. The van der Waals surface area contributed by atoms with Gasteiger partial charge >= 0.3 is 0 Å². The van der Waals surface area contributed by atoms with Crippen molar-refractivity contribution in [3.63, 3.8) is 0 Å². The molecule has 1 aliphatic rings. The van der Waals surface area contributed by atoms with E-state index in [0.717, 1.165) is 19.4 Å². The number of amides is 1. The topological polar surface area (TPSA) is 103 Å². The van der Waals surface area contributed by atoms with Crippen LogP contribution in [-0.2, 0) is 11.2 Å². The molecular formula is C13H15N5O3. The summed E-state index contributed by atoms with van der Waals surface area (Å²) in [5, 5.41) is 13.9. The van der Waals surface area contributed by atoms with E-state index < -0.39 is 0 Å². The SMILES string of the molecule is O=C(NCCc1noc([C@H]2CCCO2)n1)c1ccnnc1. The van der Waals surface area contributed by atoms with E-state index in [-0.39, 0.29) is 12.0 Å². The Morgan fingerprint density at radius 1 is 1.43 bits per heavy atom. The minimum absolute atomic E-state index is 0.0799. The van der Waals surface area contributed by atoms with Gasteiger partial charge in [0.2, 0.25) is 0 Å². The van der Waals surface area contributed by atoms with E-state index in [4.69, 9.17) is 9.26 Å². The van der Waals surface area contributed by atoms with Gasteiger partial charge in [0.15, 0.2) is 5.82 Å². The molecule has 1 N–H and O–H groups in total. The third kappa shape index (κ3) is 3.40. The lowest BCUT2D eigenvalue weighted by Gasteiger charge is -2.02. The van der Waals surface area contributed by atoms with Crippen LogP contribution in [0.2, 0.25) is 0 Å². The van der Waals surface area contributed by atoms with Gasteiger partial charge in [-0.25, -0.2) is 0 Å². The van der Waals surface area contributed by atoms with Crippen molar-refractivity contribution in [2.75, 3.05) is 13.2 Å². The van der Waals surface area contributed by atoms with Crippen molar-refractivity contribution in [2.45, 2.75) is 25.4 Å². The highest BCUT2D eigenvalue weighted by Gasteiger charge is 2.23. The largest absolute Gasteiger partial charge is 0.368 e. The van der Waals surface area contributed by atoms with E-state index in [0.29, 0.717) is 30.2 Å². The van der Waals surface area contributed by atoms with Crippen LogP contribution < -0.4 is 5.32 Å². The number of hydrogen-bond donors (Lipinski definition) is 1. The molecular weight excluding hydrogens is 274 g/mol. The number of aromatic nitrogens is 4. The van der Waals surface area contributed by atoms with Crippen LogP contribution in [0.1, 0.15) is 41.0 Å². The molecule has 1 atom stereocenters. The third-order valence-electron chi connectivity index (χ3n) is 3.17. The average Bonchev–Trinajstić information content (AvgIpc) is 3.19. The van der Waals surface area contributed by atoms with Crippen molar-refractivity contribution in [3.8, 4) is 0 Å². The maximum atomic E-state index is 11.8. The second-order valence-electron chi connectivity index (χ2n) is 4.69. The van der Waals surface area contributed by atoms with E-state index in [1.807, 2.05) is 0 Å². The number of nitrogens with zero attached hydrogens (tertiary/aromatic N) is 4. The molecule has 0 spiro atoms. The zero-order valence-corrected chi connectivity index (χ0v) is 11.4. The first-order valence-corrected chi connectivity index (χ1v) is 6.82. The van der Waals surface area contributed by atoms with Gasteiger partial charge in [0.25, 0.3) is 11.8 Å². The monoisotopic (exact) mass is 289 g/mol. The van der Waals surface area contributed by atoms with Crippen molar-refractivity contribution >= 4 is 5.91 Å². The fraction of sp³-hybridized carbons (Fsp3) is 0.462. The first-order chi connectivity index (χ1) is 10.3. The number of carbonyl (C=O) groups excluding carboxylic acids is 1. The molecule has 0 aliphatic carbocycles. The first-order valence-electron chi connectivity index (χ1n) is 6.82. The van der Waals surface area contributed by atoms with Crippen LogP contribution in [0.15, 0.2) is 23.0 Å². The molecule has 0 saturated carbocycles. The number of nitrogens with one attached hydrogen (secondary N) is 1. The summed E-state index contributed by atoms with van der Waals surface area (Å²) in [4.78, 5) is 16.1. The molecule has 0 bridgehead atoms. The van der Waals surface area contributed by atoms with E-state index in [2.05, 4.69) is 25.7 Å². The van der Waals surface area contributed by atoms with Gasteiger partial charge < -0.3 is 14.6 Å². The molecule has 3 rings (SSSR count). The van der Waals surface area contributed by atoms with Gasteiger partial charge in [0, 0.05) is 19.6 Å². The Labute approximate surface area is 120 Å². The molecule has 0 aromatic carbocycles. The summed E-state index contributed by atoms with van der Waals surface area (Å²) in [5.41, 5.74) is 0.471. The van der Waals surface area contributed by atoms with Crippen molar-refractivity contribution in [3.05, 3.63) is 35.7 Å². The van der Waals surface area contributed by atoms with Crippen molar-refractivity contribution in [1.82, 2.24) is 25.7 Å². The summed E-state index contributed by atoms with van der Waals surface area (Å²) < 4.78 is 10.6. The Kier molecular flexibility index (Phi) is 4.15. The van der Waals surface area contributed by atoms with E-state index in [1.165, 1.54) is 12.4 Å². The molecule has 2 aromatic heterocycles. The van der Waals surface area contributed by atoms with Gasteiger partial charge in [-0.05, 0) is 18.9 Å². The van der Waals surface area contributed by atoms with E-state index in [1.54, 1.807) is 6.07 Å². The van der Waals surface area contributed by atoms with Crippen LogP contribution in [0, 0.1) is 0 Å². The zero-order chi connectivity index (χ0) is 14.5. The minimum Gasteiger partial charge on any atom is -0.368 e. The van der Waals surface area contributed by atoms with Crippen LogP contribution >= 0.6 is 0 Å². The van der Waals surface area contributed by atoms with Crippen LogP contribution in [-0.4, -0.2) is 39.4 Å². The Hall–Kier alpha value is -2.35. The van der Waals surface area contributed by atoms with Crippen LogP contribution in [0.3, 0.4) is 0 Å². The van der Waals surface area contributed by atoms with Crippen molar-refractivity contribution < 1.29 is 14.1 Å². The lowest BCUT2D eigenvalue weighted by molar-refractivity contribution is 0.0835. The Balaban J connectivity index is 1.48. The number of hydrogen-bond acceptors (Lipinski definition) is 7. The fourth-order valence-electron chi connectivity index (χ4n) is 2.09. The first kappa shape index (κ1) is 13.6. The second kappa shape index (κ2) is 6.40. The predicted octanol–water partition coefficient (Wildman–Crippen LogP) is 0.684. The highest BCUT2D eigenvalue weighted by atomic mass is 16.5. The second-order valence-corrected chi connectivity index (χ2v) is 4.69. The Morgan fingerprint density at radius 3 is 3.14 bits per heavy atom. The molecule has 1 saturated heterocycles. The van der Waals surface area contributed by atoms with Gasteiger partial charge in [-0.15, -0.1) is 0 Å². The molecule has 21 heavy (non-hydrogen) atoms. The molecule has 8 nitrogen and oxygen atoms in total. The molecule has 2 aromatic rings. The van der Waals surface area contributed by atoms with Gasteiger partial charge in [-0.2, -0.15) is 15.2 Å². The van der Waals surface area contributed by atoms with Crippen molar-refractivity contribution in [1.29, 1.82) is 0 Å². The van der Waals surface area contributed by atoms with E-state index >= 15 is 0 Å². The predicted molar refractivity (Wildman–Crippen MR) is 70.3 cm³/mol. The van der Waals surface area contributed by atoms with Gasteiger partial charge in [0.05, 0.1) is 18.0 Å². The Bertz CT molecular complexity index is 595. The fourth-order valence-corrected chi connectivity index (χ4v) is 2.09. The van der Waals surface area contributed by atoms with Crippen LogP contribution in [0.4, 0.5) is 0 Å². The van der Waals surface area contributed by atoms with Gasteiger partial charge in [-0.1, -0.05) is 5.16 Å². The van der Waals surface area contributed by atoms with E-state index in [9.17, 15) is 4.79 Å². The lowest BCUT2D eigenvalue weighted by Crippen LogP contribution is -2.26. The lowest BCUT2D eigenvalue weighted by atomic mass is 10.2. The molecule has 110 valence electrons.